The van der Waals surface area contributed by atoms with Gasteiger partial charge in [-0.25, -0.2) is 4.68 Å². The van der Waals surface area contributed by atoms with E-state index in [2.05, 4.69) is 27.1 Å². The van der Waals surface area contributed by atoms with Crippen molar-refractivity contribution in [3.05, 3.63) is 40.8 Å². The monoisotopic (exact) mass is 452 g/mol. The quantitative estimate of drug-likeness (QED) is 0.505. The molecule has 2 aromatic heterocycles. The Morgan fingerprint density at radius 1 is 1.06 bits per heavy atom. The standard InChI is InChI=1S/C25H36N6O2/c1-4-12-29-14-16-30(17-15-29)13-8-11-26-24(32)21(5-2)31-22-10-7-6-9-19(22)20-18-27-28(3)25(33)23(20)31/h6-7,9-10,18,21H,4-5,8,11-17H2,1-3H3,(H,26,32). The molecular formula is C25H36N6O2. The maximum atomic E-state index is 13.2. The fourth-order valence-electron chi connectivity index (χ4n) is 4.98. The molecule has 1 fully saturated rings. The number of aryl methyl sites for hydroxylation is 1. The lowest BCUT2D eigenvalue weighted by Gasteiger charge is -2.34. The summed E-state index contributed by atoms with van der Waals surface area (Å²) in [5.41, 5.74) is 1.25. The predicted octanol–water partition coefficient (Wildman–Crippen LogP) is 2.37. The van der Waals surface area contributed by atoms with E-state index >= 15 is 0 Å². The lowest BCUT2D eigenvalue weighted by molar-refractivity contribution is -0.124. The van der Waals surface area contributed by atoms with Gasteiger partial charge in [0.1, 0.15) is 11.6 Å². The van der Waals surface area contributed by atoms with Crippen molar-refractivity contribution in [2.24, 2.45) is 7.05 Å². The van der Waals surface area contributed by atoms with Crippen LogP contribution in [-0.4, -0.2) is 75.9 Å². The number of carbonyl (C=O) groups excluding carboxylic acids is 1. The summed E-state index contributed by atoms with van der Waals surface area (Å²) >= 11 is 0. The largest absolute Gasteiger partial charge is 0.354 e. The number of carbonyl (C=O) groups is 1. The summed E-state index contributed by atoms with van der Waals surface area (Å²) in [7, 11) is 1.65. The summed E-state index contributed by atoms with van der Waals surface area (Å²) in [6.07, 6.45) is 4.46. The normalized spacial score (nSPS) is 16.5. The molecule has 1 aliphatic rings. The van der Waals surface area contributed by atoms with Gasteiger partial charge in [0.05, 0.1) is 11.7 Å². The fourth-order valence-corrected chi connectivity index (χ4v) is 4.98. The minimum atomic E-state index is -0.444. The molecule has 1 saturated heterocycles. The molecular weight excluding hydrogens is 416 g/mol. The van der Waals surface area contributed by atoms with Crippen molar-refractivity contribution >= 4 is 27.7 Å². The average molecular weight is 453 g/mol. The Morgan fingerprint density at radius 3 is 2.45 bits per heavy atom. The molecule has 0 bridgehead atoms. The van der Waals surface area contributed by atoms with E-state index in [-0.39, 0.29) is 11.5 Å². The highest BCUT2D eigenvalue weighted by Crippen LogP contribution is 2.30. The van der Waals surface area contributed by atoms with E-state index in [0.29, 0.717) is 18.5 Å². The van der Waals surface area contributed by atoms with E-state index in [1.165, 1.54) is 17.6 Å². The van der Waals surface area contributed by atoms with E-state index < -0.39 is 6.04 Å². The molecule has 0 radical (unpaired) electrons. The molecule has 1 amide bonds. The molecule has 1 aliphatic heterocycles. The number of hydrogen-bond donors (Lipinski definition) is 1. The highest BCUT2D eigenvalue weighted by atomic mass is 16.2. The Morgan fingerprint density at radius 2 is 1.76 bits per heavy atom. The number of fused-ring (bicyclic) bond motifs is 3. The molecule has 0 spiro atoms. The Bertz CT molecular complexity index is 1160. The van der Waals surface area contributed by atoms with Crippen molar-refractivity contribution < 1.29 is 4.79 Å². The predicted molar refractivity (Wildman–Crippen MR) is 133 cm³/mol. The molecule has 1 unspecified atom stereocenters. The average Bonchev–Trinajstić information content (AvgIpc) is 3.16. The third kappa shape index (κ3) is 4.82. The van der Waals surface area contributed by atoms with E-state index in [1.807, 2.05) is 35.8 Å². The van der Waals surface area contributed by atoms with Crippen LogP contribution in [0.1, 0.15) is 39.2 Å². The minimum Gasteiger partial charge on any atom is -0.354 e. The van der Waals surface area contributed by atoms with Crippen molar-refractivity contribution in [1.82, 2.24) is 29.5 Å². The Kier molecular flexibility index (Phi) is 7.45. The molecule has 33 heavy (non-hydrogen) atoms. The first-order chi connectivity index (χ1) is 16.0. The summed E-state index contributed by atoms with van der Waals surface area (Å²) in [6, 6.07) is 7.41. The number of piperazine rings is 1. The van der Waals surface area contributed by atoms with Crippen molar-refractivity contribution in [1.29, 1.82) is 0 Å². The smallest absolute Gasteiger partial charge is 0.291 e. The zero-order chi connectivity index (χ0) is 23.4. The highest BCUT2D eigenvalue weighted by Gasteiger charge is 2.25. The van der Waals surface area contributed by atoms with E-state index in [9.17, 15) is 9.59 Å². The van der Waals surface area contributed by atoms with Gasteiger partial charge < -0.3 is 19.7 Å². The van der Waals surface area contributed by atoms with E-state index in [4.69, 9.17) is 0 Å². The Balaban J connectivity index is 1.45. The van der Waals surface area contributed by atoms with Crippen LogP contribution in [0.5, 0.6) is 0 Å². The molecule has 3 aromatic rings. The molecule has 4 rings (SSSR count). The number of aromatic nitrogens is 3. The number of nitrogens with one attached hydrogen (secondary N) is 1. The molecule has 1 aromatic carbocycles. The lowest BCUT2D eigenvalue weighted by atomic mass is 10.2. The second-order valence-corrected chi connectivity index (χ2v) is 8.97. The van der Waals surface area contributed by atoms with Gasteiger partial charge in [-0.2, -0.15) is 5.10 Å². The van der Waals surface area contributed by atoms with Crippen molar-refractivity contribution in [3.63, 3.8) is 0 Å². The van der Waals surface area contributed by atoms with Crippen LogP contribution >= 0.6 is 0 Å². The van der Waals surface area contributed by atoms with Crippen LogP contribution in [0.15, 0.2) is 35.3 Å². The van der Waals surface area contributed by atoms with Crippen LogP contribution in [0, 0.1) is 0 Å². The van der Waals surface area contributed by atoms with Gasteiger partial charge in [-0.1, -0.05) is 32.0 Å². The first-order valence-corrected chi connectivity index (χ1v) is 12.2. The topological polar surface area (TPSA) is 75.4 Å². The second-order valence-electron chi connectivity index (χ2n) is 8.97. The van der Waals surface area contributed by atoms with E-state index in [1.54, 1.807) is 13.2 Å². The van der Waals surface area contributed by atoms with Crippen molar-refractivity contribution in [2.45, 2.75) is 39.2 Å². The molecule has 3 heterocycles. The minimum absolute atomic E-state index is 0.0354. The molecule has 178 valence electrons. The molecule has 0 saturated carbocycles. The van der Waals surface area contributed by atoms with Gasteiger partial charge in [0, 0.05) is 50.5 Å². The van der Waals surface area contributed by atoms with Gasteiger partial charge in [0.2, 0.25) is 5.91 Å². The van der Waals surface area contributed by atoms with Gasteiger partial charge in [-0.15, -0.1) is 0 Å². The summed E-state index contributed by atoms with van der Waals surface area (Å²) in [4.78, 5) is 31.3. The lowest BCUT2D eigenvalue weighted by Crippen LogP contribution is -2.47. The number of nitrogens with zero attached hydrogens (tertiary/aromatic N) is 5. The summed E-state index contributed by atoms with van der Waals surface area (Å²) < 4.78 is 3.25. The number of benzene rings is 1. The van der Waals surface area contributed by atoms with Crippen LogP contribution < -0.4 is 10.9 Å². The van der Waals surface area contributed by atoms with Crippen molar-refractivity contribution in [3.8, 4) is 0 Å². The van der Waals surface area contributed by atoms with Crippen LogP contribution in [0.3, 0.4) is 0 Å². The first kappa shape index (κ1) is 23.4. The number of amides is 1. The highest BCUT2D eigenvalue weighted by molar-refractivity contribution is 6.08. The third-order valence-electron chi connectivity index (χ3n) is 6.76. The molecule has 1 N–H and O–H groups in total. The maximum absolute atomic E-state index is 13.2. The van der Waals surface area contributed by atoms with Gasteiger partial charge in [0.15, 0.2) is 0 Å². The van der Waals surface area contributed by atoms with Gasteiger partial charge in [-0.05, 0) is 38.4 Å². The summed E-state index contributed by atoms with van der Waals surface area (Å²) in [5, 5.41) is 9.08. The van der Waals surface area contributed by atoms with Gasteiger partial charge in [0.25, 0.3) is 5.56 Å². The SMILES string of the molecule is CCCN1CCN(CCCNC(=O)C(CC)n2c3ccccc3c3cnn(C)c(=O)c32)CC1. The van der Waals surface area contributed by atoms with E-state index in [0.717, 1.165) is 55.4 Å². The van der Waals surface area contributed by atoms with Crippen LogP contribution in [0.25, 0.3) is 21.8 Å². The number of hydrogen-bond acceptors (Lipinski definition) is 5. The number of rotatable bonds is 9. The van der Waals surface area contributed by atoms with Crippen LogP contribution in [-0.2, 0) is 11.8 Å². The van der Waals surface area contributed by atoms with Gasteiger partial charge in [-0.3, -0.25) is 9.59 Å². The molecule has 8 heteroatoms. The molecule has 0 aliphatic carbocycles. The Labute approximate surface area is 195 Å². The second kappa shape index (κ2) is 10.5. The summed E-state index contributed by atoms with van der Waals surface area (Å²) in [6.45, 7) is 11.5. The molecule has 1 atom stereocenters. The van der Waals surface area contributed by atoms with Crippen molar-refractivity contribution in [2.75, 3.05) is 45.8 Å². The third-order valence-corrected chi connectivity index (χ3v) is 6.76. The van der Waals surface area contributed by atoms with Crippen LogP contribution in [0.2, 0.25) is 0 Å². The zero-order valence-corrected chi connectivity index (χ0v) is 20.1. The zero-order valence-electron chi connectivity index (χ0n) is 20.1. The first-order valence-electron chi connectivity index (χ1n) is 12.2. The number of para-hydroxylation sites is 1. The van der Waals surface area contributed by atoms with Crippen LogP contribution in [0.4, 0.5) is 0 Å². The Hall–Kier alpha value is -2.71. The van der Waals surface area contributed by atoms with Gasteiger partial charge >= 0.3 is 0 Å². The fraction of sp³-hybridized carbons (Fsp3) is 0.560. The maximum Gasteiger partial charge on any atom is 0.291 e. The summed E-state index contributed by atoms with van der Waals surface area (Å²) in [5.74, 6) is -0.0354. The molecule has 8 nitrogen and oxygen atoms in total.